The van der Waals surface area contributed by atoms with Crippen LogP contribution in [0.15, 0.2) is 18.2 Å². The van der Waals surface area contributed by atoms with Crippen LogP contribution in [-0.4, -0.2) is 22.3 Å². The van der Waals surface area contributed by atoms with Crippen molar-refractivity contribution in [1.82, 2.24) is 5.32 Å². The number of halogens is 1. The van der Waals surface area contributed by atoms with Crippen LogP contribution in [0.4, 0.5) is 4.39 Å². The second-order valence-electron chi connectivity index (χ2n) is 3.87. The molecule has 0 amide bonds. The molecule has 92 valence electrons. The van der Waals surface area contributed by atoms with E-state index < -0.39 is 16.6 Å². The van der Waals surface area contributed by atoms with Crippen LogP contribution >= 0.6 is 0 Å². The van der Waals surface area contributed by atoms with Crippen molar-refractivity contribution in [3.63, 3.8) is 0 Å². The molecule has 0 aliphatic rings. The SMILES string of the molecule is CC(CNCc1ccc(F)c(C#N)c1)S(C)=O. The van der Waals surface area contributed by atoms with Gasteiger partial charge in [-0.15, -0.1) is 0 Å². The molecule has 17 heavy (non-hydrogen) atoms. The molecular formula is C12H15FN2OS. The summed E-state index contributed by atoms with van der Waals surface area (Å²) in [6.45, 7) is 3.06. The molecule has 0 aromatic heterocycles. The van der Waals surface area contributed by atoms with Crippen LogP contribution in [0.2, 0.25) is 0 Å². The van der Waals surface area contributed by atoms with Crippen LogP contribution < -0.4 is 5.32 Å². The molecule has 3 nitrogen and oxygen atoms in total. The zero-order valence-corrected chi connectivity index (χ0v) is 10.7. The fraction of sp³-hybridized carbons (Fsp3) is 0.417. The van der Waals surface area contributed by atoms with Gasteiger partial charge in [0.2, 0.25) is 0 Å². The number of hydrogen-bond donors (Lipinski definition) is 1. The van der Waals surface area contributed by atoms with Crippen molar-refractivity contribution in [3.8, 4) is 6.07 Å². The van der Waals surface area contributed by atoms with Gasteiger partial charge in [0, 0.05) is 35.4 Å². The Balaban J connectivity index is 2.53. The molecule has 0 spiro atoms. The predicted octanol–water partition coefficient (Wildman–Crippen LogP) is 1.55. The van der Waals surface area contributed by atoms with Gasteiger partial charge in [-0.1, -0.05) is 6.07 Å². The van der Waals surface area contributed by atoms with Crippen LogP contribution in [-0.2, 0) is 17.3 Å². The summed E-state index contributed by atoms with van der Waals surface area (Å²) in [6, 6.07) is 6.25. The Hall–Kier alpha value is -1.25. The molecular weight excluding hydrogens is 239 g/mol. The quantitative estimate of drug-likeness (QED) is 0.867. The maximum absolute atomic E-state index is 13.0. The zero-order chi connectivity index (χ0) is 12.8. The molecule has 2 unspecified atom stereocenters. The lowest BCUT2D eigenvalue weighted by molar-refractivity contribution is 0.620. The lowest BCUT2D eigenvalue weighted by atomic mass is 10.1. The van der Waals surface area contributed by atoms with Crippen molar-refractivity contribution in [2.45, 2.75) is 18.7 Å². The summed E-state index contributed by atoms with van der Waals surface area (Å²) in [7, 11) is -0.853. The van der Waals surface area contributed by atoms with E-state index in [2.05, 4.69) is 5.32 Å². The molecule has 0 bridgehead atoms. The fourth-order valence-corrected chi connectivity index (χ4v) is 1.66. The van der Waals surface area contributed by atoms with Gasteiger partial charge in [0.1, 0.15) is 11.9 Å². The topological polar surface area (TPSA) is 52.9 Å². The Morgan fingerprint density at radius 3 is 2.88 bits per heavy atom. The van der Waals surface area contributed by atoms with Gasteiger partial charge >= 0.3 is 0 Å². The lowest BCUT2D eigenvalue weighted by Gasteiger charge is -2.10. The maximum atomic E-state index is 13.0. The highest BCUT2D eigenvalue weighted by Gasteiger charge is 2.06. The number of nitrogens with one attached hydrogen (secondary N) is 1. The van der Waals surface area contributed by atoms with Crippen LogP contribution in [0.5, 0.6) is 0 Å². The third kappa shape index (κ3) is 4.25. The number of nitriles is 1. The summed E-state index contributed by atoms with van der Waals surface area (Å²) < 4.78 is 24.2. The molecule has 1 N–H and O–H groups in total. The molecule has 1 rings (SSSR count). The van der Waals surface area contributed by atoms with E-state index in [1.54, 1.807) is 18.4 Å². The Morgan fingerprint density at radius 2 is 2.29 bits per heavy atom. The van der Waals surface area contributed by atoms with Crippen molar-refractivity contribution in [2.75, 3.05) is 12.8 Å². The normalized spacial score (nSPS) is 14.0. The molecule has 0 aliphatic heterocycles. The van der Waals surface area contributed by atoms with Gasteiger partial charge in [-0.2, -0.15) is 5.26 Å². The van der Waals surface area contributed by atoms with Gasteiger partial charge in [-0.05, 0) is 24.6 Å². The molecule has 2 atom stereocenters. The molecule has 0 radical (unpaired) electrons. The second-order valence-corrected chi connectivity index (χ2v) is 5.67. The van der Waals surface area contributed by atoms with Crippen LogP contribution in [0.1, 0.15) is 18.1 Å². The van der Waals surface area contributed by atoms with Crippen LogP contribution in [0.3, 0.4) is 0 Å². The summed E-state index contributed by atoms with van der Waals surface area (Å²) in [5, 5.41) is 11.9. The average molecular weight is 254 g/mol. The predicted molar refractivity (Wildman–Crippen MR) is 66.4 cm³/mol. The van der Waals surface area contributed by atoms with Crippen molar-refractivity contribution in [2.24, 2.45) is 0 Å². The van der Waals surface area contributed by atoms with E-state index in [4.69, 9.17) is 5.26 Å². The van der Waals surface area contributed by atoms with Gasteiger partial charge in [-0.3, -0.25) is 4.21 Å². The third-order valence-electron chi connectivity index (χ3n) is 2.48. The molecule has 0 aliphatic carbocycles. The highest BCUT2D eigenvalue weighted by Crippen LogP contribution is 2.09. The van der Waals surface area contributed by atoms with E-state index in [1.165, 1.54) is 12.1 Å². The number of hydrogen-bond acceptors (Lipinski definition) is 3. The first kappa shape index (κ1) is 13.8. The second kappa shape index (κ2) is 6.48. The van der Waals surface area contributed by atoms with E-state index in [9.17, 15) is 8.60 Å². The van der Waals surface area contributed by atoms with E-state index in [-0.39, 0.29) is 10.8 Å². The third-order valence-corrected chi connectivity index (χ3v) is 3.78. The molecule has 0 saturated heterocycles. The minimum absolute atomic E-state index is 0.0522. The maximum Gasteiger partial charge on any atom is 0.140 e. The van der Waals surface area contributed by atoms with Crippen LogP contribution in [0.25, 0.3) is 0 Å². The fourth-order valence-electron chi connectivity index (χ4n) is 1.31. The number of rotatable bonds is 5. The number of nitrogens with zero attached hydrogens (tertiary/aromatic N) is 1. The Labute approximate surface area is 103 Å². The number of benzene rings is 1. The van der Waals surface area contributed by atoms with Gasteiger partial charge < -0.3 is 5.32 Å². The molecule has 5 heteroatoms. The standard InChI is InChI=1S/C12H15FN2OS/c1-9(17(2)16)7-15-8-10-3-4-12(13)11(5-10)6-14/h3-5,9,15H,7-8H2,1-2H3. The summed E-state index contributed by atoms with van der Waals surface area (Å²) in [5.74, 6) is -0.501. The van der Waals surface area contributed by atoms with E-state index in [0.29, 0.717) is 13.1 Å². The Morgan fingerprint density at radius 1 is 1.59 bits per heavy atom. The Bertz CT molecular complexity index is 456. The minimum Gasteiger partial charge on any atom is -0.311 e. The monoisotopic (exact) mass is 254 g/mol. The van der Waals surface area contributed by atoms with Crippen molar-refractivity contribution in [1.29, 1.82) is 5.26 Å². The van der Waals surface area contributed by atoms with Gasteiger partial charge in [0.15, 0.2) is 0 Å². The molecule has 0 heterocycles. The first-order valence-corrected chi connectivity index (χ1v) is 6.88. The molecule has 0 saturated carbocycles. The summed E-state index contributed by atoms with van der Waals surface area (Å²) in [4.78, 5) is 0. The van der Waals surface area contributed by atoms with Gasteiger partial charge in [0.25, 0.3) is 0 Å². The highest BCUT2D eigenvalue weighted by molar-refractivity contribution is 7.84. The smallest absolute Gasteiger partial charge is 0.140 e. The van der Waals surface area contributed by atoms with Crippen LogP contribution in [0, 0.1) is 17.1 Å². The first-order valence-electron chi connectivity index (χ1n) is 5.26. The van der Waals surface area contributed by atoms with E-state index in [1.807, 2.05) is 6.92 Å². The molecule has 1 aromatic carbocycles. The Kier molecular flexibility index (Phi) is 5.26. The van der Waals surface area contributed by atoms with Crippen molar-refractivity contribution in [3.05, 3.63) is 35.1 Å². The molecule has 0 fully saturated rings. The average Bonchev–Trinajstić information content (AvgIpc) is 2.31. The first-order chi connectivity index (χ1) is 8.04. The summed E-state index contributed by atoms with van der Waals surface area (Å²) in [5.41, 5.74) is 0.897. The summed E-state index contributed by atoms with van der Waals surface area (Å²) in [6.07, 6.45) is 1.66. The zero-order valence-electron chi connectivity index (χ0n) is 9.87. The van der Waals surface area contributed by atoms with E-state index in [0.717, 1.165) is 5.56 Å². The highest BCUT2D eigenvalue weighted by atomic mass is 32.2. The largest absolute Gasteiger partial charge is 0.311 e. The summed E-state index contributed by atoms with van der Waals surface area (Å²) >= 11 is 0. The van der Waals surface area contributed by atoms with Crippen molar-refractivity contribution < 1.29 is 8.60 Å². The van der Waals surface area contributed by atoms with Gasteiger partial charge in [-0.25, -0.2) is 4.39 Å². The van der Waals surface area contributed by atoms with Gasteiger partial charge in [0.05, 0.1) is 5.56 Å². The molecule has 1 aromatic rings. The van der Waals surface area contributed by atoms with E-state index >= 15 is 0 Å². The lowest BCUT2D eigenvalue weighted by Crippen LogP contribution is -2.27. The minimum atomic E-state index is -0.853. The van der Waals surface area contributed by atoms with Crippen molar-refractivity contribution >= 4 is 10.8 Å².